The van der Waals surface area contributed by atoms with E-state index in [9.17, 15) is 24.0 Å². The van der Waals surface area contributed by atoms with Gasteiger partial charge in [-0.1, -0.05) is 78.9 Å². The zero-order chi connectivity index (χ0) is 43.4. The van der Waals surface area contributed by atoms with Crippen LogP contribution in [-0.4, -0.2) is 91.5 Å². The number of fused-ring (bicyclic) bond motifs is 2. The highest BCUT2D eigenvalue weighted by Crippen LogP contribution is 2.39. The zero-order valence-corrected chi connectivity index (χ0v) is 36.1. The molecule has 326 valence electrons. The van der Waals surface area contributed by atoms with E-state index in [1.54, 1.807) is 43.3 Å². The number of benzene rings is 4. The van der Waals surface area contributed by atoms with Crippen LogP contribution < -0.4 is 41.0 Å². The summed E-state index contributed by atoms with van der Waals surface area (Å²) in [6.07, 6.45) is 4.30. The fourth-order valence-electron chi connectivity index (χ4n) is 8.20. The molecule has 0 saturated carbocycles. The Labute approximate surface area is 367 Å². The van der Waals surface area contributed by atoms with Gasteiger partial charge in [0.05, 0.1) is 36.8 Å². The third kappa shape index (κ3) is 11.7. The predicted molar refractivity (Wildman–Crippen MR) is 241 cm³/mol. The van der Waals surface area contributed by atoms with Gasteiger partial charge in [0, 0.05) is 54.8 Å². The first-order valence-electron chi connectivity index (χ1n) is 21.5. The first-order chi connectivity index (χ1) is 30.1. The number of carbonyl (C=O) groups is 5. The van der Waals surface area contributed by atoms with Crippen LogP contribution in [0.3, 0.4) is 0 Å². The highest BCUT2D eigenvalue weighted by atomic mass is 32.2. The molecule has 5 amide bonds. The summed E-state index contributed by atoms with van der Waals surface area (Å²) in [5, 5.41) is 15.3. The van der Waals surface area contributed by atoms with Crippen molar-refractivity contribution in [2.45, 2.75) is 87.4 Å². The topological polar surface area (TPSA) is 167 Å². The Bertz CT molecular complexity index is 2190. The van der Waals surface area contributed by atoms with Gasteiger partial charge >= 0.3 is 6.03 Å². The van der Waals surface area contributed by atoms with Crippen molar-refractivity contribution in [2.24, 2.45) is 0 Å². The standard InChI is InChI=1S/C48H56N6O7S/c1-31(50-43(56)27-32-14-12-19-35(26-32)45(57)33-15-6-3-7-16-33)47(58)51-37-29-54(2)39-28-36(22-23-40(39)61-46(37)34-17-8-4-9-18-34)60-25-11-5-10-24-49-42(55)21-13-20-41-44-38(30-62-41)52-48(59)53-44/h3-4,6-9,12,14-19,22-23,26,28,31,37-38,41,44,46H,5,10-11,13,20-21,24-25,27,29-30H2,1-2H3,(H,49,55)(H,50,56)(H,51,58)(H2,52,53,59)/t31-,37-,38-,41-,44-,46-/m0/s1. The van der Waals surface area contributed by atoms with Crippen molar-refractivity contribution >= 4 is 47.0 Å². The number of urea groups is 1. The predicted octanol–water partition coefficient (Wildman–Crippen LogP) is 5.72. The third-order valence-electron chi connectivity index (χ3n) is 11.5. The van der Waals surface area contributed by atoms with Gasteiger partial charge in [-0.2, -0.15) is 11.8 Å². The minimum atomic E-state index is -0.837. The Morgan fingerprint density at radius 1 is 0.871 bits per heavy atom. The van der Waals surface area contributed by atoms with Gasteiger partial charge in [-0.3, -0.25) is 19.2 Å². The van der Waals surface area contributed by atoms with Gasteiger partial charge in [-0.25, -0.2) is 4.79 Å². The molecule has 0 aromatic heterocycles. The minimum absolute atomic E-state index is 0.0114. The van der Waals surface area contributed by atoms with E-state index in [0.29, 0.717) is 59.6 Å². The second-order valence-electron chi connectivity index (χ2n) is 16.2. The highest BCUT2D eigenvalue weighted by molar-refractivity contribution is 8.00. The van der Waals surface area contributed by atoms with Crippen LogP contribution in [0.5, 0.6) is 11.5 Å². The molecule has 5 N–H and O–H groups in total. The van der Waals surface area contributed by atoms with Crippen LogP contribution in [0.4, 0.5) is 10.5 Å². The minimum Gasteiger partial charge on any atom is -0.494 e. The Kier molecular flexibility index (Phi) is 15.0. The molecule has 4 aromatic carbocycles. The maximum atomic E-state index is 13.7. The normalized spacial score (nSPS) is 20.6. The molecule has 14 heteroatoms. The van der Waals surface area contributed by atoms with Crippen molar-refractivity contribution in [1.82, 2.24) is 26.6 Å². The number of rotatable bonds is 19. The van der Waals surface area contributed by atoms with Crippen LogP contribution in [0.2, 0.25) is 0 Å². The van der Waals surface area contributed by atoms with Crippen molar-refractivity contribution in [1.29, 1.82) is 0 Å². The van der Waals surface area contributed by atoms with Gasteiger partial charge in [0.2, 0.25) is 17.7 Å². The largest absolute Gasteiger partial charge is 0.494 e. The van der Waals surface area contributed by atoms with Crippen LogP contribution >= 0.6 is 11.8 Å². The average molecular weight is 861 g/mol. The van der Waals surface area contributed by atoms with Gasteiger partial charge in [-0.05, 0) is 68.4 Å². The summed E-state index contributed by atoms with van der Waals surface area (Å²) >= 11 is 1.87. The summed E-state index contributed by atoms with van der Waals surface area (Å²) in [4.78, 5) is 65.9. The number of nitrogens with one attached hydrogen (secondary N) is 5. The fraction of sp³-hybridized carbons (Fsp3) is 0.396. The number of likely N-dealkylation sites (N-methyl/N-ethyl adjacent to an activating group) is 1. The lowest BCUT2D eigenvalue weighted by molar-refractivity contribution is -0.129. The molecule has 4 aromatic rings. The Balaban J connectivity index is 0.862. The summed E-state index contributed by atoms with van der Waals surface area (Å²) in [5.41, 5.74) is 3.46. The molecule has 2 saturated heterocycles. The number of thioether (sulfide) groups is 1. The van der Waals surface area contributed by atoms with Gasteiger partial charge < -0.3 is 41.0 Å². The summed E-state index contributed by atoms with van der Waals surface area (Å²) in [7, 11) is 1.95. The van der Waals surface area contributed by atoms with Crippen molar-refractivity contribution < 1.29 is 33.4 Å². The lowest BCUT2D eigenvalue weighted by Crippen LogP contribution is -2.53. The summed E-state index contributed by atoms with van der Waals surface area (Å²) in [6.45, 7) is 3.23. The van der Waals surface area contributed by atoms with Gasteiger partial charge in [-0.15, -0.1) is 0 Å². The Morgan fingerprint density at radius 2 is 1.65 bits per heavy atom. The van der Waals surface area contributed by atoms with Crippen molar-refractivity contribution in [3.8, 4) is 11.5 Å². The number of nitrogens with zero attached hydrogens (tertiary/aromatic N) is 1. The van der Waals surface area contributed by atoms with Gasteiger partial charge in [0.1, 0.15) is 23.6 Å². The average Bonchev–Trinajstić information content (AvgIpc) is 3.80. The van der Waals surface area contributed by atoms with Crippen LogP contribution in [0.1, 0.15) is 78.6 Å². The van der Waals surface area contributed by atoms with E-state index in [-0.39, 0.29) is 48.0 Å². The second-order valence-corrected chi connectivity index (χ2v) is 17.5. The molecule has 3 aliphatic rings. The number of unbranched alkanes of at least 4 members (excludes halogenated alkanes) is 2. The molecule has 3 aliphatic heterocycles. The van der Waals surface area contributed by atoms with E-state index >= 15 is 0 Å². The molecule has 3 heterocycles. The second kappa shape index (κ2) is 21.2. The molecule has 7 rings (SSSR count). The maximum absolute atomic E-state index is 13.7. The smallest absolute Gasteiger partial charge is 0.315 e. The number of hydrogen-bond acceptors (Lipinski definition) is 9. The molecule has 6 atom stereocenters. The van der Waals surface area contributed by atoms with Crippen molar-refractivity contribution in [2.75, 3.05) is 37.4 Å². The number of amides is 5. The van der Waals surface area contributed by atoms with Crippen LogP contribution in [0, 0.1) is 0 Å². The number of carbonyl (C=O) groups excluding carboxylic acids is 5. The molecular formula is C48H56N6O7S. The molecule has 62 heavy (non-hydrogen) atoms. The maximum Gasteiger partial charge on any atom is 0.315 e. The molecular weight excluding hydrogens is 805 g/mol. The summed E-state index contributed by atoms with van der Waals surface area (Å²) in [5.74, 6) is 1.54. The molecule has 0 spiro atoms. The lowest BCUT2D eigenvalue weighted by atomic mass is 10.00. The van der Waals surface area contributed by atoms with Crippen LogP contribution in [-0.2, 0) is 20.8 Å². The molecule has 2 fully saturated rings. The molecule has 0 radical (unpaired) electrons. The van der Waals surface area contributed by atoms with Gasteiger partial charge in [0.15, 0.2) is 5.78 Å². The summed E-state index contributed by atoms with van der Waals surface area (Å²) in [6, 6.07) is 30.4. The monoisotopic (exact) mass is 860 g/mol. The number of ether oxygens (including phenoxy) is 2. The van der Waals surface area contributed by atoms with Crippen molar-refractivity contribution in [3.05, 3.63) is 125 Å². The van der Waals surface area contributed by atoms with Crippen LogP contribution in [0.25, 0.3) is 0 Å². The van der Waals surface area contributed by atoms with E-state index < -0.39 is 18.2 Å². The third-order valence-corrected chi connectivity index (χ3v) is 13.0. The van der Waals surface area contributed by atoms with E-state index in [1.807, 2.05) is 90.4 Å². The number of ketones is 1. The Morgan fingerprint density at radius 3 is 2.45 bits per heavy atom. The Hall–Kier alpha value is -6.02. The van der Waals surface area contributed by atoms with E-state index in [1.165, 1.54) is 0 Å². The molecule has 0 unspecified atom stereocenters. The first-order valence-corrected chi connectivity index (χ1v) is 22.6. The molecule has 0 bridgehead atoms. The number of hydrogen-bond donors (Lipinski definition) is 5. The van der Waals surface area contributed by atoms with Crippen molar-refractivity contribution in [3.63, 3.8) is 0 Å². The quantitative estimate of drug-likeness (QED) is 0.0451. The van der Waals surface area contributed by atoms with Crippen LogP contribution in [0.15, 0.2) is 103 Å². The SMILES string of the molecule is C[C@H](NC(=O)Cc1cccc(C(=O)c2ccccc2)c1)C(=O)N[C@H]1CN(C)c2cc(OCCCCCNC(=O)CCC[C@@H]3SC[C@@H]4NC(=O)N[C@@H]43)ccc2O[C@H]1c1ccccc1. The highest BCUT2D eigenvalue weighted by Gasteiger charge is 2.42. The first kappa shape index (κ1) is 44.0. The van der Waals surface area contributed by atoms with E-state index in [0.717, 1.165) is 49.1 Å². The van der Waals surface area contributed by atoms with E-state index in [2.05, 4.69) is 26.6 Å². The summed E-state index contributed by atoms with van der Waals surface area (Å²) < 4.78 is 12.8. The fourth-order valence-corrected chi connectivity index (χ4v) is 9.75. The molecule has 13 nitrogen and oxygen atoms in total. The van der Waals surface area contributed by atoms with E-state index in [4.69, 9.17) is 9.47 Å². The molecule has 0 aliphatic carbocycles. The zero-order valence-electron chi connectivity index (χ0n) is 35.3. The lowest BCUT2D eigenvalue weighted by Gasteiger charge is -2.29. The van der Waals surface area contributed by atoms with Gasteiger partial charge in [0.25, 0.3) is 0 Å². The number of anilines is 1.